The molecule has 0 radical (unpaired) electrons. The number of imidazole rings is 1. The van der Waals surface area contributed by atoms with E-state index < -0.39 is 0 Å². The highest BCUT2D eigenvalue weighted by molar-refractivity contribution is 5.42. The molecule has 1 aromatic carbocycles. The first kappa shape index (κ1) is 18.3. The molecular formula is C21H25N5O3. The monoisotopic (exact) mass is 395 g/mol. The molecule has 3 aromatic rings. The second-order valence-corrected chi connectivity index (χ2v) is 7.87. The SMILES string of the molecule is COc1ccc(C2CN(Cc3nn4c(C5CCOCC5)ncc4c(=O)[nH]3)C2)cc1. The third-order valence-corrected chi connectivity index (χ3v) is 5.98. The van der Waals surface area contributed by atoms with E-state index in [4.69, 9.17) is 14.6 Å². The molecule has 8 nitrogen and oxygen atoms in total. The van der Waals surface area contributed by atoms with Gasteiger partial charge in [-0.15, -0.1) is 0 Å². The number of fused-ring (bicyclic) bond motifs is 1. The van der Waals surface area contributed by atoms with E-state index in [1.54, 1.807) is 17.8 Å². The molecule has 0 amide bonds. The number of nitrogens with zero attached hydrogens (tertiary/aromatic N) is 4. The number of aromatic amines is 1. The van der Waals surface area contributed by atoms with Crippen LogP contribution in [0.5, 0.6) is 5.75 Å². The molecule has 0 spiro atoms. The standard InChI is InChI=1S/C21H25N5O3/c1-28-17-4-2-14(3-5-17)16-11-25(12-16)13-19-23-21(27)18-10-22-20(26(18)24-19)15-6-8-29-9-7-15/h2-5,10,15-16H,6-9,11-13H2,1H3,(H,23,24,27). The van der Waals surface area contributed by atoms with E-state index in [2.05, 4.69) is 27.0 Å². The number of H-pyrrole nitrogens is 1. The van der Waals surface area contributed by atoms with Crippen LogP contribution in [-0.4, -0.2) is 57.9 Å². The van der Waals surface area contributed by atoms with Gasteiger partial charge in [-0.1, -0.05) is 12.1 Å². The third-order valence-electron chi connectivity index (χ3n) is 5.98. The molecular weight excluding hydrogens is 370 g/mol. The van der Waals surface area contributed by atoms with Crippen LogP contribution in [0.4, 0.5) is 0 Å². The number of likely N-dealkylation sites (tertiary alicyclic amines) is 1. The number of nitrogens with one attached hydrogen (secondary N) is 1. The number of benzene rings is 1. The number of hydrogen-bond donors (Lipinski definition) is 1. The molecule has 1 N–H and O–H groups in total. The summed E-state index contributed by atoms with van der Waals surface area (Å²) in [4.78, 5) is 22.2. The molecule has 5 rings (SSSR count). The molecule has 0 bridgehead atoms. The van der Waals surface area contributed by atoms with Gasteiger partial charge in [0.15, 0.2) is 5.52 Å². The first-order chi connectivity index (χ1) is 14.2. The quantitative estimate of drug-likeness (QED) is 0.711. The Labute approximate surface area is 168 Å². The summed E-state index contributed by atoms with van der Waals surface area (Å²) in [5, 5.41) is 4.71. The van der Waals surface area contributed by atoms with Gasteiger partial charge in [0.1, 0.15) is 17.4 Å². The summed E-state index contributed by atoms with van der Waals surface area (Å²) in [7, 11) is 1.68. The summed E-state index contributed by atoms with van der Waals surface area (Å²) in [6.45, 7) is 3.99. The first-order valence-electron chi connectivity index (χ1n) is 10.1. The van der Waals surface area contributed by atoms with Crippen molar-refractivity contribution in [2.24, 2.45) is 0 Å². The maximum Gasteiger partial charge on any atom is 0.276 e. The predicted octanol–water partition coefficient (Wildman–Crippen LogP) is 1.92. The molecule has 0 unspecified atom stereocenters. The third kappa shape index (κ3) is 3.54. The zero-order valence-corrected chi connectivity index (χ0v) is 16.5. The van der Waals surface area contributed by atoms with Gasteiger partial charge in [0.05, 0.1) is 19.9 Å². The minimum Gasteiger partial charge on any atom is -0.497 e. The zero-order chi connectivity index (χ0) is 19.8. The Hall–Kier alpha value is -2.71. The summed E-state index contributed by atoms with van der Waals surface area (Å²) in [5.74, 6) is 3.22. The Kier molecular flexibility index (Phi) is 4.81. The smallest absolute Gasteiger partial charge is 0.276 e. The van der Waals surface area contributed by atoms with Crippen molar-refractivity contribution in [1.82, 2.24) is 24.5 Å². The average Bonchev–Trinajstić information content (AvgIpc) is 3.16. The minimum atomic E-state index is -0.131. The molecule has 8 heteroatoms. The summed E-state index contributed by atoms with van der Waals surface area (Å²) >= 11 is 0. The number of aromatic nitrogens is 4. The topological polar surface area (TPSA) is 84.8 Å². The molecule has 2 aliphatic heterocycles. The summed E-state index contributed by atoms with van der Waals surface area (Å²) in [5.41, 5.74) is 1.69. The van der Waals surface area contributed by atoms with Gasteiger partial charge in [-0.3, -0.25) is 9.69 Å². The van der Waals surface area contributed by atoms with Gasteiger partial charge in [0.2, 0.25) is 0 Å². The van der Waals surface area contributed by atoms with Crippen LogP contribution < -0.4 is 10.3 Å². The molecule has 2 aliphatic rings. The fourth-order valence-electron chi connectivity index (χ4n) is 4.26. The lowest BCUT2D eigenvalue weighted by atomic mass is 9.91. The van der Waals surface area contributed by atoms with E-state index in [-0.39, 0.29) is 11.5 Å². The van der Waals surface area contributed by atoms with E-state index in [1.807, 2.05) is 12.1 Å². The Morgan fingerprint density at radius 3 is 2.66 bits per heavy atom. The normalized spacial score (nSPS) is 18.8. The van der Waals surface area contributed by atoms with Crippen molar-refractivity contribution in [1.29, 1.82) is 0 Å². The molecule has 2 aromatic heterocycles. The van der Waals surface area contributed by atoms with Gasteiger partial charge < -0.3 is 14.5 Å². The first-order valence-corrected chi connectivity index (χ1v) is 10.1. The van der Waals surface area contributed by atoms with Crippen LogP contribution in [0.25, 0.3) is 5.52 Å². The highest BCUT2D eigenvalue weighted by atomic mass is 16.5. The van der Waals surface area contributed by atoms with Gasteiger partial charge in [-0.05, 0) is 30.5 Å². The van der Waals surface area contributed by atoms with Crippen LogP contribution in [0.15, 0.2) is 35.3 Å². The largest absolute Gasteiger partial charge is 0.497 e. The zero-order valence-electron chi connectivity index (χ0n) is 16.5. The lowest BCUT2D eigenvalue weighted by Crippen LogP contribution is -2.44. The maximum atomic E-state index is 12.5. The predicted molar refractivity (Wildman–Crippen MR) is 107 cm³/mol. The minimum absolute atomic E-state index is 0.131. The lowest BCUT2D eigenvalue weighted by molar-refractivity contribution is 0.0832. The van der Waals surface area contributed by atoms with Gasteiger partial charge >= 0.3 is 0 Å². The molecule has 2 saturated heterocycles. The Morgan fingerprint density at radius 2 is 1.93 bits per heavy atom. The van der Waals surface area contributed by atoms with Crippen LogP contribution in [0.1, 0.15) is 41.9 Å². The van der Waals surface area contributed by atoms with Crippen LogP contribution in [-0.2, 0) is 11.3 Å². The highest BCUT2D eigenvalue weighted by Crippen LogP contribution is 2.29. The molecule has 2 fully saturated rings. The lowest BCUT2D eigenvalue weighted by Gasteiger charge is -2.39. The van der Waals surface area contributed by atoms with Crippen LogP contribution in [0, 0.1) is 0 Å². The Bertz CT molecular complexity index is 1050. The molecule has 152 valence electrons. The summed E-state index contributed by atoms with van der Waals surface area (Å²) < 4.78 is 12.4. The van der Waals surface area contributed by atoms with Gasteiger partial charge in [-0.25, -0.2) is 9.50 Å². The van der Waals surface area contributed by atoms with Crippen molar-refractivity contribution >= 4 is 5.52 Å². The summed E-state index contributed by atoms with van der Waals surface area (Å²) in [6, 6.07) is 8.25. The number of methoxy groups -OCH3 is 1. The maximum absolute atomic E-state index is 12.5. The second-order valence-electron chi connectivity index (χ2n) is 7.87. The fraction of sp³-hybridized carbons (Fsp3) is 0.476. The van der Waals surface area contributed by atoms with Gasteiger partial charge in [0.25, 0.3) is 5.56 Å². The molecule has 4 heterocycles. The van der Waals surface area contributed by atoms with Crippen LogP contribution in [0.2, 0.25) is 0 Å². The van der Waals surface area contributed by atoms with E-state index in [0.29, 0.717) is 23.8 Å². The summed E-state index contributed by atoms with van der Waals surface area (Å²) in [6.07, 6.45) is 3.46. The fourth-order valence-corrected chi connectivity index (χ4v) is 4.26. The Morgan fingerprint density at radius 1 is 1.17 bits per heavy atom. The van der Waals surface area contributed by atoms with Crippen molar-refractivity contribution in [2.75, 3.05) is 33.4 Å². The Balaban J connectivity index is 1.30. The van der Waals surface area contributed by atoms with Gasteiger partial charge in [-0.2, -0.15) is 5.10 Å². The van der Waals surface area contributed by atoms with Crippen LogP contribution in [0.3, 0.4) is 0 Å². The van der Waals surface area contributed by atoms with Crippen molar-refractivity contribution in [3.8, 4) is 5.75 Å². The molecule has 0 atom stereocenters. The van der Waals surface area contributed by atoms with Crippen molar-refractivity contribution in [3.63, 3.8) is 0 Å². The highest BCUT2D eigenvalue weighted by Gasteiger charge is 2.29. The van der Waals surface area contributed by atoms with Crippen molar-refractivity contribution in [2.45, 2.75) is 31.2 Å². The average molecular weight is 395 g/mol. The van der Waals surface area contributed by atoms with E-state index in [1.165, 1.54) is 5.56 Å². The number of hydrogen-bond acceptors (Lipinski definition) is 6. The molecule has 0 aliphatic carbocycles. The number of ether oxygens (including phenoxy) is 2. The van der Waals surface area contributed by atoms with Crippen molar-refractivity contribution < 1.29 is 9.47 Å². The number of rotatable bonds is 5. The molecule has 29 heavy (non-hydrogen) atoms. The van der Waals surface area contributed by atoms with Crippen LogP contribution >= 0.6 is 0 Å². The van der Waals surface area contributed by atoms with E-state index in [9.17, 15) is 4.79 Å². The van der Waals surface area contributed by atoms with E-state index >= 15 is 0 Å². The molecule has 0 saturated carbocycles. The van der Waals surface area contributed by atoms with Gasteiger partial charge in [0, 0.05) is 38.1 Å². The van der Waals surface area contributed by atoms with Crippen molar-refractivity contribution in [3.05, 3.63) is 58.0 Å². The van der Waals surface area contributed by atoms with E-state index in [0.717, 1.165) is 50.7 Å². The second kappa shape index (κ2) is 7.61.